The molecular weight excluding hydrogens is 483 g/mol. The second-order valence-electron chi connectivity index (χ2n) is 8.49. The van der Waals surface area contributed by atoms with Gasteiger partial charge in [0.1, 0.15) is 6.33 Å². The van der Waals surface area contributed by atoms with Crippen molar-refractivity contribution in [2.24, 2.45) is 5.41 Å². The Morgan fingerprint density at radius 3 is 2.43 bits per heavy atom. The van der Waals surface area contributed by atoms with Crippen molar-refractivity contribution in [3.05, 3.63) is 77.1 Å². The van der Waals surface area contributed by atoms with Crippen molar-refractivity contribution in [2.45, 2.75) is 38.4 Å². The van der Waals surface area contributed by atoms with E-state index in [0.29, 0.717) is 29.8 Å². The highest BCUT2D eigenvalue weighted by molar-refractivity contribution is 6.30. The number of rotatable bonds is 8. The minimum Gasteiger partial charge on any atom is -0.354 e. The number of nitrogens with zero attached hydrogens (tertiary/aromatic N) is 3. The number of carbonyl (C=O) groups is 2. The first-order chi connectivity index (χ1) is 16.6. The van der Waals surface area contributed by atoms with Gasteiger partial charge in [-0.05, 0) is 50.1 Å². The molecule has 35 heavy (non-hydrogen) atoms. The highest BCUT2D eigenvalue weighted by atomic mass is 35.5. The molecule has 1 aromatic carbocycles. The molecule has 1 aliphatic rings. The summed E-state index contributed by atoms with van der Waals surface area (Å²) in [4.78, 5) is 37.3. The molecule has 0 radical (unpaired) electrons. The van der Waals surface area contributed by atoms with E-state index < -0.39 is 23.2 Å². The number of amides is 1. The van der Waals surface area contributed by atoms with Gasteiger partial charge in [0.05, 0.1) is 45.8 Å². The normalized spacial score (nSPS) is 15.2. The lowest BCUT2D eigenvalue weighted by Gasteiger charge is -2.19. The third-order valence-electron chi connectivity index (χ3n) is 5.86. The molecule has 0 saturated heterocycles. The van der Waals surface area contributed by atoms with Crippen molar-refractivity contribution in [1.82, 2.24) is 20.3 Å². The third-order valence-corrected chi connectivity index (χ3v) is 6.10. The van der Waals surface area contributed by atoms with Gasteiger partial charge in [-0.3, -0.25) is 14.6 Å². The molecule has 0 spiro atoms. The molecule has 4 rings (SSSR count). The first-order valence-corrected chi connectivity index (χ1v) is 11.1. The molecule has 11 heteroatoms. The van der Waals surface area contributed by atoms with Crippen molar-refractivity contribution in [1.29, 1.82) is 0 Å². The summed E-state index contributed by atoms with van der Waals surface area (Å²) in [6.45, 7) is 1.75. The SMILES string of the molecule is CC(NC(=O)C1(CC(=O)c2cncnc2)CC1)c1ccc(Nc2ccc(Cl)cc2C(F)(F)F)cn1. The number of aromatic nitrogens is 3. The van der Waals surface area contributed by atoms with Gasteiger partial charge in [0.15, 0.2) is 5.78 Å². The van der Waals surface area contributed by atoms with Crippen LogP contribution in [0.2, 0.25) is 5.02 Å². The van der Waals surface area contributed by atoms with Crippen molar-refractivity contribution < 1.29 is 22.8 Å². The van der Waals surface area contributed by atoms with Crippen LogP contribution in [0.5, 0.6) is 0 Å². The Balaban J connectivity index is 1.39. The van der Waals surface area contributed by atoms with Gasteiger partial charge in [0.2, 0.25) is 5.91 Å². The van der Waals surface area contributed by atoms with Crippen molar-refractivity contribution in [2.75, 3.05) is 5.32 Å². The lowest BCUT2D eigenvalue weighted by molar-refractivity contribution is -0.137. The smallest absolute Gasteiger partial charge is 0.354 e. The van der Waals surface area contributed by atoms with Crippen LogP contribution < -0.4 is 10.6 Å². The van der Waals surface area contributed by atoms with E-state index in [1.54, 1.807) is 19.1 Å². The molecule has 0 bridgehead atoms. The topological polar surface area (TPSA) is 96.9 Å². The molecule has 182 valence electrons. The molecule has 1 saturated carbocycles. The molecule has 7 nitrogen and oxygen atoms in total. The van der Waals surface area contributed by atoms with Crippen LogP contribution in [0.15, 0.2) is 55.2 Å². The number of anilines is 2. The Morgan fingerprint density at radius 2 is 1.83 bits per heavy atom. The predicted molar refractivity (Wildman–Crippen MR) is 123 cm³/mol. The van der Waals surface area contributed by atoms with Crippen LogP contribution in [0.4, 0.5) is 24.5 Å². The Bertz CT molecular complexity index is 1230. The van der Waals surface area contributed by atoms with Gasteiger partial charge in [-0.2, -0.15) is 13.2 Å². The molecule has 2 N–H and O–H groups in total. The van der Waals surface area contributed by atoms with Crippen LogP contribution in [0.1, 0.15) is 53.8 Å². The summed E-state index contributed by atoms with van der Waals surface area (Å²) in [6, 6.07) is 6.19. The zero-order chi connectivity index (χ0) is 25.2. The quantitative estimate of drug-likeness (QED) is 0.393. The summed E-state index contributed by atoms with van der Waals surface area (Å²) in [5, 5.41) is 5.58. The maximum atomic E-state index is 13.3. The number of pyridine rings is 1. The predicted octanol–water partition coefficient (Wildman–Crippen LogP) is 5.52. The fraction of sp³-hybridized carbons (Fsp3) is 0.292. The van der Waals surface area contributed by atoms with Crippen molar-refractivity contribution in [3.63, 3.8) is 0 Å². The van der Waals surface area contributed by atoms with Gasteiger partial charge in [-0.15, -0.1) is 0 Å². The number of ketones is 1. The summed E-state index contributed by atoms with van der Waals surface area (Å²) in [5.41, 5.74) is -0.573. The number of nitrogens with one attached hydrogen (secondary N) is 2. The molecule has 0 aliphatic heterocycles. The number of hydrogen-bond acceptors (Lipinski definition) is 6. The third kappa shape index (κ3) is 5.76. The fourth-order valence-corrected chi connectivity index (χ4v) is 3.83. The van der Waals surface area contributed by atoms with Gasteiger partial charge < -0.3 is 10.6 Å². The average molecular weight is 504 g/mol. The number of carbonyl (C=O) groups excluding carboxylic acids is 2. The first-order valence-electron chi connectivity index (χ1n) is 10.8. The molecule has 1 aliphatic carbocycles. The van der Waals surface area contributed by atoms with Crippen LogP contribution in [-0.2, 0) is 11.0 Å². The molecule has 1 fully saturated rings. The fourth-order valence-electron chi connectivity index (χ4n) is 3.66. The van der Waals surface area contributed by atoms with E-state index in [9.17, 15) is 22.8 Å². The number of Topliss-reactive ketones (excluding diaryl/α,β-unsaturated/α-hetero) is 1. The number of benzene rings is 1. The zero-order valence-electron chi connectivity index (χ0n) is 18.6. The highest BCUT2D eigenvalue weighted by Crippen LogP contribution is 2.50. The Morgan fingerprint density at radius 1 is 1.11 bits per heavy atom. The first kappa shape index (κ1) is 24.6. The Hall–Kier alpha value is -3.53. The Kier molecular flexibility index (Phi) is 6.75. The van der Waals surface area contributed by atoms with Gasteiger partial charge in [-0.1, -0.05) is 11.6 Å². The number of alkyl halides is 3. The number of hydrogen-bond donors (Lipinski definition) is 2. The monoisotopic (exact) mass is 503 g/mol. The van der Waals surface area contributed by atoms with Crippen LogP contribution in [0, 0.1) is 5.41 Å². The average Bonchev–Trinajstić information content (AvgIpc) is 3.61. The summed E-state index contributed by atoms with van der Waals surface area (Å²) in [6.07, 6.45) is 2.26. The highest BCUT2D eigenvalue weighted by Gasteiger charge is 2.51. The van der Waals surface area contributed by atoms with E-state index in [-0.39, 0.29) is 28.8 Å². The van der Waals surface area contributed by atoms with Gasteiger partial charge in [0.25, 0.3) is 0 Å². The van der Waals surface area contributed by atoms with E-state index in [1.807, 2.05) is 0 Å². The zero-order valence-corrected chi connectivity index (χ0v) is 19.3. The Labute approximate surface area is 204 Å². The molecule has 1 unspecified atom stereocenters. The van der Waals surface area contributed by atoms with Crippen LogP contribution in [0.3, 0.4) is 0 Å². The van der Waals surface area contributed by atoms with Gasteiger partial charge in [0, 0.05) is 23.8 Å². The van der Waals surface area contributed by atoms with E-state index >= 15 is 0 Å². The number of halogens is 4. The van der Waals surface area contributed by atoms with Crippen molar-refractivity contribution in [3.8, 4) is 0 Å². The van der Waals surface area contributed by atoms with Crippen LogP contribution in [0.25, 0.3) is 0 Å². The van der Waals surface area contributed by atoms with E-state index in [1.165, 1.54) is 37.1 Å². The second-order valence-corrected chi connectivity index (χ2v) is 8.92. The van der Waals surface area contributed by atoms with Crippen molar-refractivity contribution >= 4 is 34.7 Å². The second kappa shape index (κ2) is 9.61. The molecule has 1 atom stereocenters. The minimum atomic E-state index is -4.58. The largest absolute Gasteiger partial charge is 0.418 e. The molecule has 1 amide bonds. The van der Waals surface area contributed by atoms with Crippen LogP contribution >= 0.6 is 11.6 Å². The van der Waals surface area contributed by atoms with Gasteiger partial charge in [-0.25, -0.2) is 9.97 Å². The van der Waals surface area contributed by atoms with Gasteiger partial charge >= 0.3 is 6.18 Å². The molecular formula is C24H21ClF3N5O2. The molecule has 2 aromatic heterocycles. The summed E-state index contributed by atoms with van der Waals surface area (Å²) >= 11 is 5.72. The summed E-state index contributed by atoms with van der Waals surface area (Å²) in [7, 11) is 0. The minimum absolute atomic E-state index is 0.0202. The maximum Gasteiger partial charge on any atom is 0.418 e. The lowest BCUT2D eigenvalue weighted by Crippen LogP contribution is -2.35. The van der Waals surface area contributed by atoms with E-state index in [0.717, 1.165) is 6.07 Å². The molecule has 3 aromatic rings. The summed E-state index contributed by atoms with van der Waals surface area (Å²) in [5.74, 6) is -0.435. The van der Waals surface area contributed by atoms with Crippen LogP contribution in [-0.4, -0.2) is 26.6 Å². The maximum absolute atomic E-state index is 13.3. The van der Waals surface area contributed by atoms with E-state index in [4.69, 9.17) is 11.6 Å². The standard InChI is InChI=1S/C24H21ClF3N5O2/c1-14(32-22(35)23(6-7-23)9-21(34)15-10-29-13-30-11-15)19-5-3-17(12-31-19)33-20-4-2-16(25)8-18(20)24(26,27)28/h2-5,8,10-14,33H,6-7,9H2,1H3,(H,32,35). The lowest BCUT2D eigenvalue weighted by atomic mass is 9.95. The summed E-state index contributed by atoms with van der Waals surface area (Å²) < 4.78 is 40.0. The molecule has 2 heterocycles. The van der Waals surface area contributed by atoms with E-state index in [2.05, 4.69) is 25.6 Å².